The molecule has 3 rings (SSSR count). The van der Waals surface area contributed by atoms with Crippen LogP contribution in [0.4, 0.5) is 5.13 Å². The van der Waals surface area contributed by atoms with Gasteiger partial charge in [-0.1, -0.05) is 23.7 Å². The largest absolute Gasteiger partial charge is 0.357 e. The topological polar surface area (TPSA) is 42.7 Å². The van der Waals surface area contributed by atoms with E-state index in [1.54, 1.807) is 17.5 Å². The maximum atomic E-state index is 5.87. The molecule has 0 atom stereocenters. The fourth-order valence-electron chi connectivity index (χ4n) is 1.83. The van der Waals surface area contributed by atoms with Gasteiger partial charge in [0.05, 0.1) is 17.2 Å². The van der Waals surface area contributed by atoms with Gasteiger partial charge in [-0.05, 0) is 33.6 Å². The lowest BCUT2D eigenvalue weighted by Crippen LogP contribution is -1.98. The Kier molecular flexibility index (Phi) is 4.57. The number of rotatable bonds is 5. The Morgan fingerprint density at radius 2 is 2.05 bits per heavy atom. The summed E-state index contributed by atoms with van der Waals surface area (Å²) in [5, 5.41) is 9.21. The van der Waals surface area contributed by atoms with Gasteiger partial charge in [0, 0.05) is 28.8 Å². The zero-order valence-corrected chi connectivity index (χ0v) is 14.1. The van der Waals surface area contributed by atoms with Gasteiger partial charge in [0.2, 0.25) is 0 Å². The minimum Gasteiger partial charge on any atom is -0.357 e. The number of hydrogen-bond donors (Lipinski definition) is 1. The Labute approximate surface area is 139 Å². The number of nitrogens with zero attached hydrogens (tertiary/aromatic N) is 3. The zero-order valence-electron chi connectivity index (χ0n) is 11.0. The SMILES string of the molecule is Clc1ccc(CNc2ncc(Cn3cc(Br)cn3)s2)cc1. The average molecular weight is 384 g/mol. The van der Waals surface area contributed by atoms with Crippen LogP contribution < -0.4 is 5.32 Å². The van der Waals surface area contributed by atoms with Gasteiger partial charge in [-0.3, -0.25) is 4.68 Å². The summed E-state index contributed by atoms with van der Waals surface area (Å²) in [6.45, 7) is 1.46. The van der Waals surface area contributed by atoms with Crippen molar-refractivity contribution in [3.63, 3.8) is 0 Å². The summed E-state index contributed by atoms with van der Waals surface area (Å²) in [5.41, 5.74) is 1.17. The highest BCUT2D eigenvalue weighted by Gasteiger charge is 2.04. The van der Waals surface area contributed by atoms with Crippen LogP contribution in [0.15, 0.2) is 47.3 Å². The molecule has 0 aliphatic carbocycles. The quantitative estimate of drug-likeness (QED) is 0.709. The lowest BCUT2D eigenvalue weighted by Gasteiger charge is -2.02. The molecule has 0 aliphatic heterocycles. The van der Waals surface area contributed by atoms with Crippen LogP contribution in [-0.2, 0) is 13.1 Å². The minimum absolute atomic E-state index is 0.728. The van der Waals surface area contributed by atoms with E-state index in [-0.39, 0.29) is 0 Å². The third kappa shape index (κ3) is 4.06. The van der Waals surface area contributed by atoms with Crippen LogP contribution in [0.5, 0.6) is 0 Å². The number of benzene rings is 1. The molecule has 1 aromatic carbocycles. The summed E-state index contributed by atoms with van der Waals surface area (Å²) < 4.78 is 2.86. The molecular weight excluding hydrogens is 372 g/mol. The van der Waals surface area contributed by atoms with E-state index in [1.807, 2.05) is 41.3 Å². The summed E-state index contributed by atoms with van der Waals surface area (Å²) in [6.07, 6.45) is 5.60. The Morgan fingerprint density at radius 3 is 2.76 bits per heavy atom. The molecule has 0 bridgehead atoms. The number of hydrogen-bond acceptors (Lipinski definition) is 4. The van der Waals surface area contributed by atoms with Crippen LogP contribution in [-0.4, -0.2) is 14.8 Å². The first-order valence-electron chi connectivity index (χ1n) is 6.30. The molecule has 0 unspecified atom stereocenters. The van der Waals surface area contributed by atoms with Crippen molar-refractivity contribution in [1.82, 2.24) is 14.8 Å². The molecule has 1 N–H and O–H groups in total. The van der Waals surface area contributed by atoms with Crippen molar-refractivity contribution in [2.45, 2.75) is 13.1 Å². The van der Waals surface area contributed by atoms with Crippen LogP contribution in [0.25, 0.3) is 0 Å². The molecule has 2 heterocycles. The van der Waals surface area contributed by atoms with Gasteiger partial charge in [-0.15, -0.1) is 11.3 Å². The number of nitrogens with one attached hydrogen (secondary N) is 1. The van der Waals surface area contributed by atoms with Gasteiger partial charge >= 0.3 is 0 Å². The van der Waals surface area contributed by atoms with Crippen molar-refractivity contribution in [3.8, 4) is 0 Å². The summed E-state index contributed by atoms with van der Waals surface area (Å²) in [6, 6.07) is 7.79. The highest BCUT2D eigenvalue weighted by Crippen LogP contribution is 2.20. The molecule has 0 aliphatic rings. The van der Waals surface area contributed by atoms with E-state index in [9.17, 15) is 0 Å². The normalized spacial score (nSPS) is 10.8. The molecule has 2 aromatic heterocycles. The molecule has 0 amide bonds. The molecular formula is C14H12BrClN4S. The summed E-state index contributed by atoms with van der Waals surface area (Å²) in [4.78, 5) is 5.54. The van der Waals surface area contributed by atoms with Gasteiger partial charge in [0.25, 0.3) is 0 Å². The summed E-state index contributed by atoms with van der Waals surface area (Å²) in [5.74, 6) is 0. The van der Waals surface area contributed by atoms with Crippen LogP contribution in [0.2, 0.25) is 5.02 Å². The van der Waals surface area contributed by atoms with Crippen molar-refractivity contribution < 1.29 is 0 Å². The molecule has 3 aromatic rings. The molecule has 0 spiro atoms. The van der Waals surface area contributed by atoms with E-state index in [0.29, 0.717) is 0 Å². The summed E-state index contributed by atoms with van der Waals surface area (Å²) >= 11 is 10.9. The Bertz CT molecular complexity index is 723. The van der Waals surface area contributed by atoms with Crippen LogP contribution in [0.1, 0.15) is 10.4 Å². The molecule has 7 heteroatoms. The third-order valence-electron chi connectivity index (χ3n) is 2.83. The first-order valence-corrected chi connectivity index (χ1v) is 8.29. The van der Waals surface area contributed by atoms with E-state index in [0.717, 1.165) is 32.6 Å². The predicted octanol–water partition coefficient (Wildman–Crippen LogP) is 4.42. The van der Waals surface area contributed by atoms with Gasteiger partial charge in [-0.25, -0.2) is 4.98 Å². The van der Waals surface area contributed by atoms with Crippen LogP contribution in [0, 0.1) is 0 Å². The minimum atomic E-state index is 0.728. The van der Waals surface area contributed by atoms with E-state index < -0.39 is 0 Å². The highest BCUT2D eigenvalue weighted by molar-refractivity contribution is 9.10. The van der Waals surface area contributed by atoms with E-state index in [2.05, 4.69) is 31.3 Å². The second kappa shape index (κ2) is 6.60. The lowest BCUT2D eigenvalue weighted by molar-refractivity contribution is 0.693. The second-order valence-electron chi connectivity index (χ2n) is 4.47. The lowest BCUT2D eigenvalue weighted by atomic mass is 10.2. The smallest absolute Gasteiger partial charge is 0.183 e. The molecule has 21 heavy (non-hydrogen) atoms. The molecule has 0 fully saturated rings. The van der Waals surface area contributed by atoms with E-state index >= 15 is 0 Å². The monoisotopic (exact) mass is 382 g/mol. The van der Waals surface area contributed by atoms with E-state index in [1.165, 1.54) is 5.56 Å². The van der Waals surface area contributed by atoms with E-state index in [4.69, 9.17) is 11.6 Å². The summed E-state index contributed by atoms with van der Waals surface area (Å²) in [7, 11) is 0. The van der Waals surface area contributed by atoms with Crippen molar-refractivity contribution in [2.24, 2.45) is 0 Å². The molecule has 0 radical (unpaired) electrons. The molecule has 0 saturated heterocycles. The maximum absolute atomic E-state index is 5.87. The molecule has 108 valence electrons. The second-order valence-corrected chi connectivity index (χ2v) is 6.94. The fourth-order valence-corrected chi connectivity index (χ4v) is 3.08. The Balaban J connectivity index is 1.58. The average Bonchev–Trinajstić information content (AvgIpc) is 3.08. The fraction of sp³-hybridized carbons (Fsp3) is 0.143. The number of aromatic nitrogens is 3. The van der Waals surface area contributed by atoms with Crippen LogP contribution in [0.3, 0.4) is 0 Å². The van der Waals surface area contributed by atoms with Gasteiger partial charge < -0.3 is 5.32 Å². The first kappa shape index (κ1) is 14.6. The highest BCUT2D eigenvalue weighted by atomic mass is 79.9. The third-order valence-corrected chi connectivity index (χ3v) is 4.43. The molecule has 0 saturated carbocycles. The predicted molar refractivity (Wildman–Crippen MR) is 89.9 cm³/mol. The van der Waals surface area contributed by atoms with Gasteiger partial charge in [0.1, 0.15) is 0 Å². The van der Waals surface area contributed by atoms with Gasteiger partial charge in [-0.2, -0.15) is 5.10 Å². The van der Waals surface area contributed by atoms with Crippen molar-refractivity contribution in [2.75, 3.05) is 5.32 Å². The van der Waals surface area contributed by atoms with Crippen molar-refractivity contribution in [3.05, 3.63) is 62.8 Å². The Morgan fingerprint density at radius 1 is 1.24 bits per heavy atom. The maximum Gasteiger partial charge on any atom is 0.183 e. The molecule has 4 nitrogen and oxygen atoms in total. The standard InChI is InChI=1S/C14H12BrClN4S/c15-11-6-19-20(8-11)9-13-7-18-14(21-13)17-5-10-1-3-12(16)4-2-10/h1-4,6-8H,5,9H2,(H,17,18). The van der Waals surface area contributed by atoms with Gasteiger partial charge in [0.15, 0.2) is 5.13 Å². The van der Waals surface area contributed by atoms with Crippen molar-refractivity contribution in [1.29, 1.82) is 0 Å². The number of thiazole rings is 1. The zero-order chi connectivity index (χ0) is 14.7. The van der Waals surface area contributed by atoms with Crippen LogP contribution >= 0.6 is 38.9 Å². The number of halogens is 2. The first-order chi connectivity index (χ1) is 10.2. The number of anilines is 1. The Hall–Kier alpha value is -1.37. The van der Waals surface area contributed by atoms with Crippen molar-refractivity contribution >= 4 is 44.0 Å².